The Morgan fingerprint density at radius 1 is 1.30 bits per heavy atom. The van der Waals surface area contributed by atoms with Crippen LogP contribution < -0.4 is 0 Å². The molecule has 0 atom stereocenters. The van der Waals surface area contributed by atoms with Gasteiger partial charge in [-0.2, -0.15) is 0 Å². The molecular weight excluding hydrogens is 138 g/mol. The van der Waals surface area contributed by atoms with Crippen LogP contribution in [0, 0.1) is 10.1 Å². The molecule has 0 aromatic carbocycles. The molecule has 0 aliphatic heterocycles. The van der Waals surface area contributed by atoms with E-state index in [2.05, 4.69) is 9.47 Å². The second-order valence-corrected chi connectivity index (χ2v) is 1.43. The molecule has 0 unspecified atom stereocenters. The summed E-state index contributed by atoms with van der Waals surface area (Å²) in [6, 6.07) is 0. The Labute approximate surface area is 60.1 Å². The van der Waals surface area contributed by atoms with E-state index in [1.807, 2.05) is 0 Å². The highest BCUT2D eigenvalue weighted by molar-refractivity contribution is 4.17. The van der Waals surface area contributed by atoms with Crippen molar-refractivity contribution < 1.29 is 14.4 Å². The van der Waals surface area contributed by atoms with Crippen molar-refractivity contribution in [2.24, 2.45) is 0 Å². The first-order valence-electron chi connectivity index (χ1n) is 2.71. The van der Waals surface area contributed by atoms with E-state index >= 15 is 0 Å². The minimum atomic E-state index is -0.500. The minimum Gasteiger partial charge on any atom is -0.382 e. The summed E-state index contributed by atoms with van der Waals surface area (Å²) in [5, 5.41) is 8.81. The van der Waals surface area contributed by atoms with Gasteiger partial charge in [-0.3, -0.25) is 10.1 Å². The second kappa shape index (κ2) is 11.2. The van der Waals surface area contributed by atoms with Crippen molar-refractivity contribution in [3.05, 3.63) is 10.1 Å². The minimum absolute atomic E-state index is 0.500. The van der Waals surface area contributed by atoms with E-state index in [1.165, 1.54) is 0 Å². The number of hydrogen-bond acceptors (Lipinski definition) is 4. The van der Waals surface area contributed by atoms with Crippen molar-refractivity contribution in [1.29, 1.82) is 0 Å². The molecule has 0 aromatic rings. The monoisotopic (exact) mass is 151 g/mol. The molecule has 0 saturated carbocycles. The lowest BCUT2D eigenvalue weighted by molar-refractivity contribution is -0.445. The fraction of sp³-hybridized carbons (Fsp3) is 1.00. The van der Waals surface area contributed by atoms with Crippen molar-refractivity contribution in [2.75, 3.05) is 34.5 Å². The average Bonchev–Trinajstić information content (AvgIpc) is 1.82. The Bertz CT molecular complexity index is 68.0. The Morgan fingerprint density at radius 3 is 1.60 bits per heavy atom. The van der Waals surface area contributed by atoms with E-state index in [9.17, 15) is 0 Å². The van der Waals surface area contributed by atoms with Gasteiger partial charge in [0.05, 0.1) is 13.2 Å². The molecule has 0 amide bonds. The number of rotatable bonds is 3. The van der Waals surface area contributed by atoms with Crippen LogP contribution in [-0.2, 0) is 9.47 Å². The Hall–Kier alpha value is -0.680. The number of nitro groups is 1. The molecular formula is C5H13NO4. The number of ether oxygens (including phenoxy) is 2. The standard InChI is InChI=1S/C4H10O2.CH3NO2/c1-5-3-4-6-2;1-2(3)4/h3-4H2,1-2H3;1H3. The van der Waals surface area contributed by atoms with Crippen LogP contribution in [0.3, 0.4) is 0 Å². The molecule has 0 spiro atoms. The quantitative estimate of drug-likeness (QED) is 0.328. The fourth-order valence-electron chi connectivity index (χ4n) is 0.167. The van der Waals surface area contributed by atoms with E-state index in [-0.39, 0.29) is 0 Å². The third kappa shape index (κ3) is 54.3. The van der Waals surface area contributed by atoms with Crippen LogP contribution in [0.15, 0.2) is 0 Å². The summed E-state index contributed by atoms with van der Waals surface area (Å²) in [7, 11) is 4.19. The Balaban J connectivity index is 0. The molecule has 0 radical (unpaired) electrons. The molecule has 0 aromatic heterocycles. The molecule has 0 saturated heterocycles. The predicted molar refractivity (Wildman–Crippen MR) is 36.7 cm³/mol. The lowest BCUT2D eigenvalue weighted by Gasteiger charge is -1.91. The average molecular weight is 151 g/mol. The zero-order valence-electron chi connectivity index (χ0n) is 6.49. The third-order valence-corrected chi connectivity index (χ3v) is 0.492. The maximum atomic E-state index is 8.81. The van der Waals surface area contributed by atoms with Gasteiger partial charge in [0.25, 0.3) is 0 Å². The van der Waals surface area contributed by atoms with Gasteiger partial charge in [0, 0.05) is 19.1 Å². The molecule has 10 heavy (non-hydrogen) atoms. The van der Waals surface area contributed by atoms with Gasteiger partial charge in [-0.15, -0.1) is 0 Å². The topological polar surface area (TPSA) is 61.6 Å². The van der Waals surface area contributed by atoms with Gasteiger partial charge in [-0.25, -0.2) is 0 Å². The smallest absolute Gasteiger partial charge is 0.194 e. The van der Waals surface area contributed by atoms with Gasteiger partial charge in [-0.1, -0.05) is 0 Å². The van der Waals surface area contributed by atoms with Crippen molar-refractivity contribution in [2.45, 2.75) is 0 Å². The first-order valence-corrected chi connectivity index (χ1v) is 2.71. The molecule has 62 valence electrons. The van der Waals surface area contributed by atoms with Gasteiger partial charge in [0.2, 0.25) is 0 Å². The van der Waals surface area contributed by atoms with E-state index in [0.29, 0.717) is 13.2 Å². The predicted octanol–water partition coefficient (Wildman–Crippen LogP) is 0.172. The Morgan fingerprint density at radius 2 is 1.50 bits per heavy atom. The Kier molecular flexibility index (Phi) is 13.4. The van der Waals surface area contributed by atoms with E-state index in [4.69, 9.17) is 10.1 Å². The SMILES string of the molecule is COCCOC.C[N+](=O)[O-]. The first kappa shape index (κ1) is 12.0. The summed E-state index contributed by atoms with van der Waals surface area (Å²) < 4.78 is 9.31. The second-order valence-electron chi connectivity index (χ2n) is 1.43. The van der Waals surface area contributed by atoms with Crippen LogP contribution in [0.5, 0.6) is 0 Å². The van der Waals surface area contributed by atoms with Crippen LogP contribution >= 0.6 is 0 Å². The maximum absolute atomic E-state index is 8.81. The first-order chi connectivity index (χ1) is 4.65. The maximum Gasteiger partial charge on any atom is 0.194 e. The van der Waals surface area contributed by atoms with Crippen LogP contribution in [0.2, 0.25) is 0 Å². The van der Waals surface area contributed by atoms with Gasteiger partial charge < -0.3 is 9.47 Å². The molecule has 5 nitrogen and oxygen atoms in total. The molecule has 0 heterocycles. The van der Waals surface area contributed by atoms with Crippen LogP contribution in [0.4, 0.5) is 0 Å². The molecule has 0 fully saturated rings. The largest absolute Gasteiger partial charge is 0.382 e. The van der Waals surface area contributed by atoms with Crippen LogP contribution in [0.25, 0.3) is 0 Å². The molecule has 0 N–H and O–H groups in total. The summed E-state index contributed by atoms with van der Waals surface area (Å²) in [6.45, 7) is 1.38. The molecule has 0 aliphatic carbocycles. The normalized spacial score (nSPS) is 7.90. The van der Waals surface area contributed by atoms with E-state index in [0.717, 1.165) is 7.05 Å². The van der Waals surface area contributed by atoms with Gasteiger partial charge in [-0.05, 0) is 0 Å². The fourth-order valence-corrected chi connectivity index (χ4v) is 0.167. The zero-order chi connectivity index (χ0) is 8.41. The molecule has 0 aliphatic rings. The third-order valence-electron chi connectivity index (χ3n) is 0.492. The van der Waals surface area contributed by atoms with Gasteiger partial charge in [0.15, 0.2) is 7.05 Å². The highest BCUT2D eigenvalue weighted by atomic mass is 16.6. The highest BCUT2D eigenvalue weighted by Gasteiger charge is 1.73. The van der Waals surface area contributed by atoms with Crippen molar-refractivity contribution >= 4 is 0 Å². The van der Waals surface area contributed by atoms with Crippen LogP contribution in [-0.4, -0.2) is 39.4 Å². The summed E-state index contributed by atoms with van der Waals surface area (Å²) in [4.78, 5) is 8.31. The van der Waals surface area contributed by atoms with Crippen molar-refractivity contribution in [3.8, 4) is 0 Å². The molecule has 5 heteroatoms. The lowest BCUT2D eigenvalue weighted by Crippen LogP contribution is -1.96. The number of nitrogens with zero attached hydrogens (tertiary/aromatic N) is 1. The lowest BCUT2D eigenvalue weighted by atomic mass is 10.8. The van der Waals surface area contributed by atoms with E-state index in [1.54, 1.807) is 14.2 Å². The summed E-state index contributed by atoms with van der Waals surface area (Å²) >= 11 is 0. The summed E-state index contributed by atoms with van der Waals surface area (Å²) in [5.74, 6) is 0. The summed E-state index contributed by atoms with van der Waals surface area (Å²) in [6.07, 6.45) is 0. The zero-order valence-corrected chi connectivity index (χ0v) is 6.49. The molecule has 0 bridgehead atoms. The molecule has 0 rings (SSSR count). The van der Waals surface area contributed by atoms with Crippen LogP contribution in [0.1, 0.15) is 0 Å². The number of methoxy groups -OCH3 is 2. The van der Waals surface area contributed by atoms with Gasteiger partial charge in [0.1, 0.15) is 0 Å². The van der Waals surface area contributed by atoms with E-state index < -0.39 is 4.92 Å². The summed E-state index contributed by atoms with van der Waals surface area (Å²) in [5.41, 5.74) is 0. The number of hydrogen-bond donors (Lipinski definition) is 0. The van der Waals surface area contributed by atoms with Crippen molar-refractivity contribution in [3.63, 3.8) is 0 Å². The van der Waals surface area contributed by atoms with Gasteiger partial charge >= 0.3 is 0 Å². The van der Waals surface area contributed by atoms with Crippen molar-refractivity contribution in [1.82, 2.24) is 0 Å². The highest BCUT2D eigenvalue weighted by Crippen LogP contribution is 1.65.